The average molecular weight is 446 g/mol. The molecular weight excluding hydrogens is 410 g/mol. The van der Waals surface area contributed by atoms with Gasteiger partial charge < -0.3 is 33.1 Å². The maximum absolute atomic E-state index is 8.68. The van der Waals surface area contributed by atoms with E-state index in [1.54, 1.807) is 20.3 Å². The molecule has 1 unspecified atom stereocenters. The second-order valence-electron chi connectivity index (χ2n) is 1.85. The summed E-state index contributed by atoms with van der Waals surface area (Å²) in [5.74, 6) is 0. The van der Waals surface area contributed by atoms with E-state index in [0.29, 0.717) is 0 Å². The van der Waals surface area contributed by atoms with Gasteiger partial charge in [0.05, 0.1) is 0 Å². The largest absolute Gasteiger partial charge is 0.542 e. The monoisotopic (exact) mass is 446 g/mol. The Balaban J connectivity index is -0.00000000763. The zero-order chi connectivity index (χ0) is 12.4. The maximum atomic E-state index is 8.68. The van der Waals surface area contributed by atoms with E-state index < -0.39 is 6.10 Å². The Bertz CT molecular complexity index is 82.5. The molecule has 0 aromatic heterocycles. The van der Waals surface area contributed by atoms with Crippen LogP contribution in [0.1, 0.15) is 57.4 Å². The molecule has 0 rings (SSSR count). The molecule has 6 heteroatoms. The van der Waals surface area contributed by atoms with Crippen LogP contribution in [0.25, 0.3) is 0 Å². The predicted octanol–water partition coefficient (Wildman–Crippen LogP) is 3.18. The van der Waals surface area contributed by atoms with Gasteiger partial charge in [-0.15, -0.1) is 0 Å². The number of hydrogen-bond donors (Lipinski definition) is 2. The van der Waals surface area contributed by atoms with E-state index in [9.17, 15) is 0 Å². The van der Waals surface area contributed by atoms with Gasteiger partial charge in [-0.1, -0.05) is 49.3 Å². The number of hydrogen-bond acceptors (Lipinski definition) is 4. The topological polar surface area (TPSA) is 74.6 Å². The molecule has 20 heavy (non-hydrogen) atoms. The van der Waals surface area contributed by atoms with Gasteiger partial charge in [0.25, 0.3) is 0 Å². The van der Waals surface area contributed by atoms with E-state index in [4.69, 9.17) is 19.8 Å². The van der Waals surface area contributed by atoms with Gasteiger partial charge in [-0.25, -0.2) is 0 Å². The van der Waals surface area contributed by atoms with Crippen LogP contribution in [0.2, 0.25) is 0 Å². The van der Waals surface area contributed by atoms with Crippen molar-refractivity contribution >= 4 is 12.6 Å². The predicted molar refractivity (Wildman–Crippen MR) is 83.8 cm³/mol. The third kappa shape index (κ3) is 1090. The standard InChI is InChI=1S/2C3H7O.2C2H3O.4CH4.2Y/c1-3(2)4;1-2-3-4;2*1-2-3;;;;;;/h3-4H,1H2,2H3;2,4H,3H2,1H3;2*1H3;4*1H4;;/q4*-1;;;;;;. The SMILES string of the molecule is C.C.C.C.C[C-]=O.C[C-]=O.C[CH-]CO.[CH2-]C(C)O.[Y].[Y]. The average Bonchev–Trinajstić information content (AvgIpc) is 2.06. The van der Waals surface area contributed by atoms with Gasteiger partial charge in [-0.3, -0.25) is 12.6 Å². The van der Waals surface area contributed by atoms with E-state index in [0.717, 1.165) is 0 Å². The number of rotatable bonds is 1. The molecule has 0 aliphatic carbocycles. The van der Waals surface area contributed by atoms with Crippen LogP contribution in [0, 0.1) is 13.3 Å². The second-order valence-corrected chi connectivity index (χ2v) is 1.85. The van der Waals surface area contributed by atoms with Crippen molar-refractivity contribution in [3.05, 3.63) is 13.3 Å². The van der Waals surface area contributed by atoms with Crippen molar-refractivity contribution in [1.82, 2.24) is 0 Å². The van der Waals surface area contributed by atoms with Crippen LogP contribution >= 0.6 is 0 Å². The number of aliphatic hydroxyl groups excluding tert-OH is 2. The molecule has 0 aliphatic heterocycles. The van der Waals surface area contributed by atoms with Crippen molar-refractivity contribution in [2.24, 2.45) is 0 Å². The molecule has 0 aliphatic rings. The molecule has 126 valence electrons. The van der Waals surface area contributed by atoms with Crippen LogP contribution < -0.4 is 0 Å². The summed E-state index contributed by atoms with van der Waals surface area (Å²) in [6.07, 6.45) is 4.26. The molecule has 0 saturated carbocycles. The van der Waals surface area contributed by atoms with Crippen LogP contribution in [-0.2, 0) is 75.0 Å². The first-order valence-corrected chi connectivity index (χ1v) is 3.95. The van der Waals surface area contributed by atoms with E-state index in [1.807, 2.05) is 0 Å². The Labute approximate surface area is 179 Å². The fourth-order valence-corrected chi connectivity index (χ4v) is 0. The van der Waals surface area contributed by atoms with Gasteiger partial charge in [0.1, 0.15) is 0 Å². The Morgan fingerprint density at radius 2 is 1.10 bits per heavy atom. The molecule has 2 radical (unpaired) electrons. The van der Waals surface area contributed by atoms with E-state index in [-0.39, 0.29) is 102 Å². The summed E-state index contributed by atoms with van der Waals surface area (Å²) in [6.45, 7) is 9.44. The van der Waals surface area contributed by atoms with Crippen LogP contribution in [-0.4, -0.2) is 35.5 Å². The van der Waals surface area contributed by atoms with Gasteiger partial charge in [-0.05, 0) is 0 Å². The van der Waals surface area contributed by atoms with Crippen molar-refractivity contribution in [3.63, 3.8) is 0 Å². The van der Waals surface area contributed by atoms with Crippen LogP contribution in [0.4, 0.5) is 0 Å². The minimum atomic E-state index is -0.417. The molecule has 0 saturated heterocycles. The first-order valence-electron chi connectivity index (χ1n) is 3.95. The molecule has 0 aromatic rings. The van der Waals surface area contributed by atoms with Gasteiger partial charge >= 0.3 is 0 Å². The molecule has 0 aromatic carbocycles. The summed E-state index contributed by atoms with van der Waals surface area (Å²) in [7, 11) is 0. The smallest absolute Gasteiger partial charge is 0 e. The molecule has 4 nitrogen and oxygen atoms in total. The van der Waals surface area contributed by atoms with E-state index in [2.05, 4.69) is 6.92 Å². The molecule has 0 heterocycles. The molecular formula is C14H36O4Y2-4. The van der Waals surface area contributed by atoms with Gasteiger partial charge in [-0.2, -0.15) is 20.8 Å². The Kier molecular flexibility index (Phi) is 370. The summed E-state index contributed by atoms with van der Waals surface area (Å²) in [6, 6.07) is 0. The van der Waals surface area contributed by atoms with Crippen molar-refractivity contribution in [2.75, 3.05) is 6.61 Å². The zero-order valence-electron chi connectivity index (χ0n) is 10.4. The first-order chi connectivity index (χ1) is 6.47. The summed E-state index contributed by atoms with van der Waals surface area (Å²) >= 11 is 0. The van der Waals surface area contributed by atoms with Crippen LogP contribution in [0.3, 0.4) is 0 Å². The molecule has 0 fully saturated rings. The maximum Gasteiger partial charge on any atom is 0 e. The number of aliphatic hydroxyl groups is 2. The van der Waals surface area contributed by atoms with Gasteiger partial charge in [0.2, 0.25) is 0 Å². The summed E-state index contributed by atoms with van der Waals surface area (Å²) in [5.41, 5.74) is 0. The molecule has 0 bridgehead atoms. The fourth-order valence-electron chi connectivity index (χ4n) is 0. The van der Waals surface area contributed by atoms with Crippen LogP contribution in [0.5, 0.6) is 0 Å². The Hall–Kier alpha value is 1.47. The third-order valence-corrected chi connectivity index (χ3v) is 0.183. The summed E-state index contributed by atoms with van der Waals surface area (Å²) in [4.78, 5) is 17.4. The zero-order valence-corrected chi connectivity index (χ0v) is 16.1. The fraction of sp³-hybridized carbons (Fsp3) is 0.714. The Morgan fingerprint density at radius 3 is 1.10 bits per heavy atom. The minimum Gasteiger partial charge on any atom is -0.542 e. The molecule has 0 spiro atoms. The van der Waals surface area contributed by atoms with E-state index >= 15 is 0 Å². The van der Waals surface area contributed by atoms with Gasteiger partial charge in [0, 0.05) is 65.4 Å². The van der Waals surface area contributed by atoms with Crippen molar-refractivity contribution in [2.45, 2.75) is 63.5 Å². The van der Waals surface area contributed by atoms with E-state index in [1.165, 1.54) is 26.4 Å². The van der Waals surface area contributed by atoms with Crippen molar-refractivity contribution in [1.29, 1.82) is 0 Å². The third-order valence-electron chi connectivity index (χ3n) is 0.183. The first kappa shape index (κ1) is 68.4. The normalized spacial score (nSPS) is 5.95. The Morgan fingerprint density at radius 1 is 1.05 bits per heavy atom. The molecule has 0 amide bonds. The van der Waals surface area contributed by atoms with Gasteiger partial charge in [0.15, 0.2) is 0 Å². The second kappa shape index (κ2) is 108. The van der Waals surface area contributed by atoms with Crippen molar-refractivity contribution in [3.8, 4) is 0 Å². The molecule has 2 N–H and O–H groups in total. The van der Waals surface area contributed by atoms with Crippen molar-refractivity contribution < 1.29 is 85.2 Å². The molecule has 1 atom stereocenters. The summed E-state index contributed by atoms with van der Waals surface area (Å²) < 4.78 is 0. The number of carbonyl (C=O) groups excluding carboxylic acids is 2. The summed E-state index contributed by atoms with van der Waals surface area (Å²) in [5, 5.41) is 15.8. The van der Waals surface area contributed by atoms with Crippen LogP contribution in [0.15, 0.2) is 0 Å². The quantitative estimate of drug-likeness (QED) is 0.607. The minimum absolute atomic E-state index is 0.